The predicted octanol–water partition coefficient (Wildman–Crippen LogP) is 6.04. The molecule has 0 unspecified atom stereocenters. The van der Waals surface area contributed by atoms with Crippen LogP contribution in [0.4, 0.5) is 0 Å². The zero-order valence-electron chi connectivity index (χ0n) is 15.3. The largest absolute Gasteiger partial charge is 0.392 e. The molecule has 0 spiro atoms. The van der Waals surface area contributed by atoms with E-state index in [0.29, 0.717) is 5.41 Å². The monoisotopic (exact) mass is 312 g/mol. The molecular weight excluding hydrogens is 280 g/mol. The maximum atomic E-state index is 9.05. The van der Waals surface area contributed by atoms with Crippen LogP contribution >= 0.6 is 0 Å². The molecule has 0 saturated heterocycles. The van der Waals surface area contributed by atoms with Crippen LogP contribution in [0.25, 0.3) is 0 Å². The molecular formula is C22H32O. The van der Waals surface area contributed by atoms with Gasteiger partial charge < -0.3 is 5.11 Å². The van der Waals surface area contributed by atoms with E-state index in [4.69, 9.17) is 5.11 Å². The summed E-state index contributed by atoms with van der Waals surface area (Å²) in [6.45, 7) is 9.40. The van der Waals surface area contributed by atoms with Crippen molar-refractivity contribution < 1.29 is 5.11 Å². The topological polar surface area (TPSA) is 20.2 Å². The van der Waals surface area contributed by atoms with Crippen molar-refractivity contribution in [2.24, 2.45) is 5.41 Å². The van der Waals surface area contributed by atoms with Crippen LogP contribution in [-0.2, 0) is 0 Å². The first-order valence-electron chi connectivity index (χ1n) is 9.00. The van der Waals surface area contributed by atoms with Gasteiger partial charge in [0.15, 0.2) is 0 Å². The fraction of sp³-hybridized carbons (Fsp3) is 0.545. The van der Waals surface area contributed by atoms with Crippen LogP contribution in [0, 0.1) is 5.41 Å². The highest BCUT2D eigenvalue weighted by Gasteiger charge is 2.26. The smallest absolute Gasteiger partial charge is 0.0618 e. The summed E-state index contributed by atoms with van der Waals surface area (Å²) in [7, 11) is 0. The lowest BCUT2D eigenvalue weighted by Crippen LogP contribution is -2.19. The minimum absolute atomic E-state index is 0.139. The highest BCUT2D eigenvalue weighted by molar-refractivity contribution is 5.41. The molecule has 0 atom stereocenters. The molecule has 126 valence electrons. The molecule has 2 aliphatic rings. The third kappa shape index (κ3) is 4.81. The molecule has 0 aromatic carbocycles. The number of aliphatic hydroxyl groups excluding tert-OH is 1. The second-order valence-corrected chi connectivity index (χ2v) is 7.62. The van der Waals surface area contributed by atoms with Crippen molar-refractivity contribution in [3.63, 3.8) is 0 Å². The molecule has 0 radical (unpaired) electrons. The quantitative estimate of drug-likeness (QED) is 0.673. The van der Waals surface area contributed by atoms with Gasteiger partial charge in [0.1, 0.15) is 0 Å². The summed E-state index contributed by atoms with van der Waals surface area (Å²) < 4.78 is 0. The second kappa shape index (κ2) is 7.97. The Kier molecular flexibility index (Phi) is 6.24. The van der Waals surface area contributed by atoms with Gasteiger partial charge in [-0.15, -0.1) is 0 Å². The second-order valence-electron chi connectivity index (χ2n) is 7.62. The molecule has 2 aliphatic carbocycles. The number of hydrogen-bond donors (Lipinski definition) is 1. The number of aliphatic hydroxyl groups is 1. The predicted molar refractivity (Wildman–Crippen MR) is 100 cm³/mol. The average molecular weight is 312 g/mol. The van der Waals surface area contributed by atoms with Gasteiger partial charge >= 0.3 is 0 Å². The highest BCUT2D eigenvalue weighted by atomic mass is 16.2. The average Bonchev–Trinajstić information content (AvgIpc) is 2.72. The molecule has 0 bridgehead atoms. The van der Waals surface area contributed by atoms with E-state index in [-0.39, 0.29) is 6.61 Å². The van der Waals surface area contributed by atoms with Gasteiger partial charge in [0.05, 0.1) is 6.61 Å². The van der Waals surface area contributed by atoms with Crippen LogP contribution in [0.15, 0.2) is 58.2 Å². The summed E-state index contributed by atoms with van der Waals surface area (Å²) in [5, 5.41) is 9.05. The third-order valence-corrected chi connectivity index (χ3v) is 5.31. The summed E-state index contributed by atoms with van der Waals surface area (Å²) in [6, 6.07) is 0. The van der Waals surface area contributed by atoms with Crippen LogP contribution in [0.2, 0.25) is 0 Å². The van der Waals surface area contributed by atoms with Crippen molar-refractivity contribution in [3.8, 4) is 0 Å². The first kappa shape index (κ1) is 18.0. The molecule has 0 aromatic heterocycles. The molecule has 0 heterocycles. The Morgan fingerprint density at radius 2 is 1.96 bits per heavy atom. The maximum Gasteiger partial charge on any atom is 0.0618 e. The van der Waals surface area contributed by atoms with Gasteiger partial charge in [-0.3, -0.25) is 0 Å². The minimum atomic E-state index is 0.139. The zero-order chi connectivity index (χ0) is 16.9. The van der Waals surface area contributed by atoms with Crippen LogP contribution in [0.5, 0.6) is 0 Å². The molecule has 1 heteroatoms. The van der Waals surface area contributed by atoms with Crippen LogP contribution in [0.3, 0.4) is 0 Å². The van der Waals surface area contributed by atoms with Crippen molar-refractivity contribution in [1.82, 2.24) is 0 Å². The Hall–Kier alpha value is -1.34. The van der Waals surface area contributed by atoms with Gasteiger partial charge in [0, 0.05) is 0 Å². The Morgan fingerprint density at radius 1 is 1.17 bits per heavy atom. The SMILES string of the molecule is CC1=C(/C=C/C(C)=C2C=C/C(=C/CO)CCC\2)C(C)(C)CCC1. The van der Waals surface area contributed by atoms with Gasteiger partial charge in [-0.05, 0) is 80.1 Å². The van der Waals surface area contributed by atoms with Gasteiger partial charge in [0.25, 0.3) is 0 Å². The molecule has 0 fully saturated rings. The highest BCUT2D eigenvalue weighted by Crippen LogP contribution is 2.40. The lowest BCUT2D eigenvalue weighted by atomic mass is 9.72. The van der Waals surface area contributed by atoms with Gasteiger partial charge in [-0.1, -0.05) is 49.8 Å². The molecule has 0 saturated carbocycles. The van der Waals surface area contributed by atoms with E-state index in [1.54, 1.807) is 5.57 Å². The number of allylic oxidation sites excluding steroid dienone is 9. The van der Waals surface area contributed by atoms with Crippen molar-refractivity contribution >= 4 is 0 Å². The molecule has 0 aliphatic heterocycles. The van der Waals surface area contributed by atoms with E-state index in [2.05, 4.69) is 52.0 Å². The summed E-state index contributed by atoms with van der Waals surface area (Å²) in [6.07, 6.45) is 18.2. The van der Waals surface area contributed by atoms with Gasteiger partial charge in [-0.2, -0.15) is 0 Å². The first-order valence-corrected chi connectivity index (χ1v) is 9.00. The maximum absolute atomic E-state index is 9.05. The normalized spacial score (nSPS) is 26.0. The molecule has 1 nitrogen and oxygen atoms in total. The van der Waals surface area contributed by atoms with E-state index >= 15 is 0 Å². The third-order valence-electron chi connectivity index (χ3n) is 5.31. The van der Waals surface area contributed by atoms with E-state index in [9.17, 15) is 0 Å². The lowest BCUT2D eigenvalue weighted by Gasteiger charge is -2.33. The Bertz CT molecular complexity index is 579. The Morgan fingerprint density at radius 3 is 2.65 bits per heavy atom. The van der Waals surface area contributed by atoms with Crippen molar-refractivity contribution in [2.75, 3.05) is 6.61 Å². The van der Waals surface area contributed by atoms with E-state index in [1.165, 1.54) is 41.6 Å². The minimum Gasteiger partial charge on any atom is -0.392 e. The molecule has 2 rings (SSSR count). The molecule has 23 heavy (non-hydrogen) atoms. The zero-order valence-corrected chi connectivity index (χ0v) is 15.3. The first-order chi connectivity index (χ1) is 10.9. The fourth-order valence-corrected chi connectivity index (χ4v) is 3.80. The van der Waals surface area contributed by atoms with E-state index in [0.717, 1.165) is 19.3 Å². The molecule has 1 N–H and O–H groups in total. The van der Waals surface area contributed by atoms with Crippen molar-refractivity contribution in [3.05, 3.63) is 58.2 Å². The summed E-state index contributed by atoms with van der Waals surface area (Å²) in [5.41, 5.74) is 7.44. The Balaban J connectivity index is 2.21. The fourth-order valence-electron chi connectivity index (χ4n) is 3.80. The van der Waals surface area contributed by atoms with Crippen LogP contribution in [0.1, 0.15) is 66.2 Å². The van der Waals surface area contributed by atoms with Crippen molar-refractivity contribution in [1.29, 1.82) is 0 Å². The van der Waals surface area contributed by atoms with Crippen LogP contribution < -0.4 is 0 Å². The summed E-state index contributed by atoms with van der Waals surface area (Å²) >= 11 is 0. The van der Waals surface area contributed by atoms with Gasteiger partial charge in [0.2, 0.25) is 0 Å². The van der Waals surface area contributed by atoms with E-state index in [1.807, 2.05) is 6.08 Å². The van der Waals surface area contributed by atoms with E-state index < -0.39 is 0 Å². The standard InChI is InChI=1S/C22H32O/c1-17(20-9-5-8-19(11-12-20)14-16-23)10-13-21-18(2)7-6-15-22(21,3)4/h10-14,23H,5-9,15-16H2,1-4H3/b13-10+,19-14+,20-17-. The molecule has 0 amide bonds. The summed E-state index contributed by atoms with van der Waals surface area (Å²) in [5.74, 6) is 0. The number of rotatable bonds is 3. The van der Waals surface area contributed by atoms with Gasteiger partial charge in [-0.25, -0.2) is 0 Å². The molecule has 0 aromatic rings. The van der Waals surface area contributed by atoms with Crippen molar-refractivity contribution in [2.45, 2.75) is 66.2 Å². The Labute approximate surface area is 142 Å². The number of hydrogen-bond acceptors (Lipinski definition) is 1. The lowest BCUT2D eigenvalue weighted by molar-refractivity contribution is 0.341. The van der Waals surface area contributed by atoms with Crippen LogP contribution in [-0.4, -0.2) is 11.7 Å². The summed E-state index contributed by atoms with van der Waals surface area (Å²) in [4.78, 5) is 0.